The van der Waals surface area contributed by atoms with Gasteiger partial charge >= 0.3 is 0 Å². The summed E-state index contributed by atoms with van der Waals surface area (Å²) in [6.45, 7) is 8.91. The maximum Gasteiger partial charge on any atom is 0.220 e. The lowest BCUT2D eigenvalue weighted by Gasteiger charge is -2.31. The topological polar surface area (TPSA) is 84.2 Å². The molecule has 0 aromatic heterocycles. The van der Waals surface area contributed by atoms with E-state index in [9.17, 15) is 9.59 Å². The first-order chi connectivity index (χ1) is 9.29. The van der Waals surface area contributed by atoms with E-state index in [4.69, 9.17) is 5.73 Å². The molecule has 0 saturated heterocycles. The van der Waals surface area contributed by atoms with Gasteiger partial charge in [-0.25, -0.2) is 0 Å². The summed E-state index contributed by atoms with van der Waals surface area (Å²) in [7, 11) is 0. The summed E-state index contributed by atoms with van der Waals surface area (Å²) in [5.74, 6) is 0.565. The van der Waals surface area contributed by atoms with Crippen LogP contribution in [-0.4, -0.2) is 30.4 Å². The molecule has 0 spiro atoms. The van der Waals surface area contributed by atoms with Crippen molar-refractivity contribution >= 4 is 11.8 Å². The number of amides is 2. The molecule has 5 nitrogen and oxygen atoms in total. The number of hydrogen-bond donors (Lipinski definition) is 3. The Balaban J connectivity index is 3.83. The van der Waals surface area contributed by atoms with Crippen molar-refractivity contribution in [1.82, 2.24) is 10.6 Å². The van der Waals surface area contributed by atoms with E-state index in [1.165, 1.54) is 6.92 Å². The molecule has 0 rings (SSSR count). The molecule has 0 aromatic rings. The fourth-order valence-electron chi connectivity index (χ4n) is 2.34. The summed E-state index contributed by atoms with van der Waals surface area (Å²) in [4.78, 5) is 22.6. The number of rotatable bonds is 10. The van der Waals surface area contributed by atoms with Crippen LogP contribution in [0.4, 0.5) is 0 Å². The number of unbranched alkanes of at least 4 members (excludes halogenated alkanes) is 2. The van der Waals surface area contributed by atoms with Crippen LogP contribution in [0.2, 0.25) is 0 Å². The molecule has 20 heavy (non-hydrogen) atoms. The van der Waals surface area contributed by atoms with Gasteiger partial charge in [0.15, 0.2) is 0 Å². The van der Waals surface area contributed by atoms with Gasteiger partial charge in [-0.2, -0.15) is 0 Å². The van der Waals surface area contributed by atoms with Crippen LogP contribution in [0.5, 0.6) is 0 Å². The predicted molar refractivity (Wildman–Crippen MR) is 82.2 cm³/mol. The van der Waals surface area contributed by atoms with E-state index in [1.807, 2.05) is 6.92 Å². The van der Waals surface area contributed by atoms with Crippen LogP contribution in [0.1, 0.15) is 59.8 Å². The van der Waals surface area contributed by atoms with Crippen LogP contribution in [0, 0.1) is 5.92 Å². The van der Waals surface area contributed by atoms with Crippen LogP contribution >= 0.6 is 0 Å². The maximum absolute atomic E-state index is 11.9. The third kappa shape index (κ3) is 9.78. The molecule has 4 N–H and O–H groups in total. The Hall–Kier alpha value is -1.10. The molecule has 0 aliphatic carbocycles. The lowest BCUT2D eigenvalue weighted by Crippen LogP contribution is -2.52. The molecular formula is C15H31N3O2. The second-order valence-corrected chi connectivity index (χ2v) is 6.20. The van der Waals surface area contributed by atoms with Gasteiger partial charge in [0, 0.05) is 32.0 Å². The van der Waals surface area contributed by atoms with Crippen LogP contribution in [0.25, 0.3) is 0 Å². The fraction of sp³-hybridized carbons (Fsp3) is 0.867. The number of hydrogen-bond acceptors (Lipinski definition) is 3. The lowest BCUT2D eigenvalue weighted by atomic mass is 9.90. The van der Waals surface area contributed by atoms with Gasteiger partial charge in [0.05, 0.1) is 0 Å². The minimum Gasteiger partial charge on any atom is -0.356 e. The van der Waals surface area contributed by atoms with Gasteiger partial charge in [-0.15, -0.1) is 0 Å². The second kappa shape index (κ2) is 9.75. The third-order valence-electron chi connectivity index (χ3n) is 3.21. The van der Waals surface area contributed by atoms with Crippen LogP contribution in [0.3, 0.4) is 0 Å². The molecule has 2 amide bonds. The Bertz CT molecular complexity index is 305. The average Bonchev–Trinajstić information content (AvgIpc) is 2.32. The minimum absolute atomic E-state index is 0.00450. The predicted octanol–water partition coefficient (Wildman–Crippen LogP) is 1.56. The van der Waals surface area contributed by atoms with Gasteiger partial charge < -0.3 is 16.4 Å². The van der Waals surface area contributed by atoms with Crippen molar-refractivity contribution in [1.29, 1.82) is 0 Å². The van der Waals surface area contributed by atoms with Gasteiger partial charge in [-0.05, 0) is 32.1 Å². The Morgan fingerprint density at radius 3 is 2.35 bits per heavy atom. The first-order valence-electron chi connectivity index (χ1n) is 7.54. The van der Waals surface area contributed by atoms with Crippen molar-refractivity contribution in [3.8, 4) is 0 Å². The van der Waals surface area contributed by atoms with Crippen molar-refractivity contribution in [3.63, 3.8) is 0 Å². The Morgan fingerprint density at radius 1 is 1.20 bits per heavy atom. The number of nitrogens with two attached hydrogens (primary N) is 1. The summed E-state index contributed by atoms with van der Waals surface area (Å²) in [5, 5.41) is 5.80. The first kappa shape index (κ1) is 18.9. The van der Waals surface area contributed by atoms with Gasteiger partial charge in [0.25, 0.3) is 0 Å². The average molecular weight is 285 g/mol. The molecule has 1 unspecified atom stereocenters. The number of carbonyl (C=O) groups is 2. The summed E-state index contributed by atoms with van der Waals surface area (Å²) in [6.07, 6.45) is 4.10. The summed E-state index contributed by atoms with van der Waals surface area (Å²) < 4.78 is 0. The molecule has 0 saturated carbocycles. The highest BCUT2D eigenvalue weighted by atomic mass is 16.2. The summed E-state index contributed by atoms with van der Waals surface area (Å²) in [5.41, 5.74) is 5.47. The van der Waals surface area contributed by atoms with Crippen LogP contribution in [-0.2, 0) is 9.59 Å². The van der Waals surface area contributed by atoms with E-state index in [-0.39, 0.29) is 17.4 Å². The molecule has 1 atom stereocenters. The maximum atomic E-state index is 11.9. The molecule has 0 aliphatic heterocycles. The zero-order chi connectivity index (χ0) is 15.6. The van der Waals surface area contributed by atoms with E-state index in [2.05, 4.69) is 24.5 Å². The molecule has 0 fully saturated rings. The molecule has 0 radical (unpaired) electrons. The summed E-state index contributed by atoms with van der Waals surface area (Å²) >= 11 is 0. The van der Waals surface area contributed by atoms with E-state index in [0.29, 0.717) is 25.4 Å². The highest BCUT2D eigenvalue weighted by Crippen LogP contribution is 2.15. The van der Waals surface area contributed by atoms with Crippen molar-refractivity contribution in [2.24, 2.45) is 11.7 Å². The normalized spacial score (nSPS) is 13.9. The first-order valence-corrected chi connectivity index (χ1v) is 7.54. The van der Waals surface area contributed by atoms with Gasteiger partial charge in [-0.1, -0.05) is 20.3 Å². The molecule has 118 valence electrons. The van der Waals surface area contributed by atoms with E-state index in [1.54, 1.807) is 0 Å². The molecule has 5 heteroatoms. The Kier molecular flexibility index (Phi) is 9.21. The third-order valence-corrected chi connectivity index (χ3v) is 3.21. The van der Waals surface area contributed by atoms with Crippen molar-refractivity contribution in [2.45, 2.75) is 65.3 Å². The van der Waals surface area contributed by atoms with Crippen molar-refractivity contribution < 1.29 is 9.59 Å². The van der Waals surface area contributed by atoms with E-state index >= 15 is 0 Å². The van der Waals surface area contributed by atoms with E-state index in [0.717, 1.165) is 25.7 Å². The SMILES string of the molecule is CC(=O)NCCCCCC(=O)NC(C)(CN)CC(C)C. The zero-order valence-corrected chi connectivity index (χ0v) is 13.4. The van der Waals surface area contributed by atoms with Crippen molar-refractivity contribution in [2.75, 3.05) is 13.1 Å². The minimum atomic E-state index is -0.304. The molecule has 0 heterocycles. The second-order valence-electron chi connectivity index (χ2n) is 6.20. The highest BCUT2D eigenvalue weighted by molar-refractivity contribution is 5.76. The van der Waals surface area contributed by atoms with Crippen LogP contribution in [0.15, 0.2) is 0 Å². The fourth-order valence-corrected chi connectivity index (χ4v) is 2.34. The van der Waals surface area contributed by atoms with E-state index < -0.39 is 0 Å². The number of carbonyl (C=O) groups excluding carboxylic acids is 2. The Labute approximate surface area is 123 Å². The molecule has 0 aromatic carbocycles. The highest BCUT2D eigenvalue weighted by Gasteiger charge is 2.25. The standard InChI is InChI=1S/C15H31N3O2/c1-12(2)10-15(4,11-16)18-14(20)8-6-5-7-9-17-13(3)19/h12H,5-11,16H2,1-4H3,(H,17,19)(H,18,20). The number of nitrogens with one attached hydrogen (secondary N) is 2. The van der Waals surface area contributed by atoms with Gasteiger partial charge in [0.2, 0.25) is 11.8 Å². The monoisotopic (exact) mass is 285 g/mol. The molecular weight excluding hydrogens is 254 g/mol. The molecule has 0 aliphatic rings. The van der Waals surface area contributed by atoms with Crippen molar-refractivity contribution in [3.05, 3.63) is 0 Å². The quantitative estimate of drug-likeness (QED) is 0.533. The largest absolute Gasteiger partial charge is 0.356 e. The van der Waals surface area contributed by atoms with Gasteiger partial charge in [0.1, 0.15) is 0 Å². The van der Waals surface area contributed by atoms with Crippen LogP contribution < -0.4 is 16.4 Å². The smallest absolute Gasteiger partial charge is 0.220 e. The molecule has 0 bridgehead atoms. The summed E-state index contributed by atoms with van der Waals surface area (Å²) in [6, 6.07) is 0. The zero-order valence-electron chi connectivity index (χ0n) is 13.4. The Morgan fingerprint density at radius 2 is 1.85 bits per heavy atom. The lowest BCUT2D eigenvalue weighted by molar-refractivity contribution is -0.123. The van der Waals surface area contributed by atoms with Gasteiger partial charge in [-0.3, -0.25) is 9.59 Å².